The van der Waals surface area contributed by atoms with Crippen molar-refractivity contribution in [2.45, 2.75) is 20.5 Å². The van der Waals surface area contributed by atoms with Crippen molar-refractivity contribution in [3.63, 3.8) is 0 Å². The zero-order chi connectivity index (χ0) is 13.1. The Morgan fingerprint density at radius 1 is 1.39 bits per heavy atom. The SMILES string of the molecule is CCN(c1nc(C)c(CO)s1)c1ccccc1F. The topological polar surface area (TPSA) is 36.4 Å². The number of nitrogens with zero attached hydrogens (tertiary/aromatic N) is 2. The highest BCUT2D eigenvalue weighted by Gasteiger charge is 2.16. The number of para-hydroxylation sites is 1. The van der Waals surface area contributed by atoms with Crippen LogP contribution in [0.3, 0.4) is 0 Å². The summed E-state index contributed by atoms with van der Waals surface area (Å²) in [7, 11) is 0. The smallest absolute Gasteiger partial charge is 0.190 e. The van der Waals surface area contributed by atoms with Gasteiger partial charge in [-0.25, -0.2) is 9.37 Å². The molecule has 0 fully saturated rings. The van der Waals surface area contributed by atoms with Gasteiger partial charge in [-0.1, -0.05) is 23.5 Å². The molecule has 2 aromatic rings. The predicted octanol–water partition coefficient (Wildman–Crippen LogP) is 3.24. The van der Waals surface area contributed by atoms with Crippen molar-refractivity contribution in [2.75, 3.05) is 11.4 Å². The largest absolute Gasteiger partial charge is 0.391 e. The molecule has 0 unspecified atom stereocenters. The number of thiazole rings is 1. The molecule has 96 valence electrons. The third kappa shape index (κ3) is 2.37. The Morgan fingerprint density at radius 3 is 2.67 bits per heavy atom. The number of aliphatic hydroxyl groups excluding tert-OH is 1. The highest BCUT2D eigenvalue weighted by atomic mass is 32.1. The molecule has 0 radical (unpaired) electrons. The van der Waals surface area contributed by atoms with Gasteiger partial charge in [0.15, 0.2) is 5.13 Å². The lowest BCUT2D eigenvalue weighted by atomic mass is 10.3. The van der Waals surface area contributed by atoms with Crippen LogP contribution >= 0.6 is 11.3 Å². The molecule has 1 heterocycles. The number of aliphatic hydroxyl groups is 1. The summed E-state index contributed by atoms with van der Waals surface area (Å²) in [6.07, 6.45) is 0. The van der Waals surface area contributed by atoms with Gasteiger partial charge in [0.2, 0.25) is 0 Å². The van der Waals surface area contributed by atoms with Crippen LogP contribution in [0.1, 0.15) is 17.5 Å². The van der Waals surface area contributed by atoms with Gasteiger partial charge in [-0.05, 0) is 26.0 Å². The third-order valence-electron chi connectivity index (χ3n) is 2.72. The molecule has 0 bridgehead atoms. The maximum atomic E-state index is 13.8. The summed E-state index contributed by atoms with van der Waals surface area (Å²) in [4.78, 5) is 7.02. The normalized spacial score (nSPS) is 10.7. The third-order valence-corrected chi connectivity index (χ3v) is 3.88. The molecule has 1 aromatic carbocycles. The van der Waals surface area contributed by atoms with Gasteiger partial charge in [0.25, 0.3) is 0 Å². The van der Waals surface area contributed by atoms with Gasteiger partial charge < -0.3 is 10.0 Å². The molecular weight excluding hydrogens is 251 g/mol. The monoisotopic (exact) mass is 266 g/mol. The summed E-state index contributed by atoms with van der Waals surface area (Å²) < 4.78 is 13.8. The van der Waals surface area contributed by atoms with Crippen LogP contribution in [-0.4, -0.2) is 16.6 Å². The molecule has 1 N–H and O–H groups in total. The number of rotatable bonds is 4. The van der Waals surface area contributed by atoms with Gasteiger partial charge in [0.1, 0.15) is 5.82 Å². The molecule has 0 spiro atoms. The predicted molar refractivity (Wildman–Crippen MR) is 71.9 cm³/mol. The van der Waals surface area contributed by atoms with Gasteiger partial charge in [-0.3, -0.25) is 0 Å². The molecule has 0 saturated heterocycles. The number of aromatic nitrogens is 1. The van der Waals surface area contributed by atoms with E-state index in [0.29, 0.717) is 17.4 Å². The van der Waals surface area contributed by atoms with Crippen molar-refractivity contribution in [3.8, 4) is 0 Å². The second-order valence-corrected chi connectivity index (χ2v) is 4.92. The Bertz CT molecular complexity index is 542. The van der Waals surface area contributed by atoms with E-state index < -0.39 is 0 Å². The van der Waals surface area contributed by atoms with Gasteiger partial charge in [0.05, 0.1) is 22.9 Å². The van der Waals surface area contributed by atoms with Gasteiger partial charge in [-0.15, -0.1) is 0 Å². The number of halogens is 1. The van der Waals surface area contributed by atoms with Crippen LogP contribution in [-0.2, 0) is 6.61 Å². The van der Waals surface area contributed by atoms with Crippen molar-refractivity contribution in [2.24, 2.45) is 0 Å². The first kappa shape index (κ1) is 13.0. The molecule has 18 heavy (non-hydrogen) atoms. The van der Waals surface area contributed by atoms with E-state index in [9.17, 15) is 9.50 Å². The zero-order valence-corrected chi connectivity index (χ0v) is 11.2. The van der Waals surface area contributed by atoms with E-state index in [0.717, 1.165) is 10.6 Å². The van der Waals surface area contributed by atoms with Gasteiger partial charge in [-0.2, -0.15) is 0 Å². The highest BCUT2D eigenvalue weighted by Crippen LogP contribution is 2.32. The van der Waals surface area contributed by atoms with Crippen molar-refractivity contribution >= 4 is 22.2 Å². The molecule has 0 aliphatic heterocycles. The molecular formula is C13H15FN2OS. The number of aryl methyl sites for hydroxylation is 1. The lowest BCUT2D eigenvalue weighted by Crippen LogP contribution is -2.17. The van der Waals surface area contributed by atoms with Crippen LogP contribution in [0, 0.1) is 12.7 Å². The van der Waals surface area contributed by atoms with Crippen LogP contribution in [0.25, 0.3) is 0 Å². The molecule has 0 amide bonds. The van der Waals surface area contributed by atoms with Crippen molar-refractivity contribution in [1.29, 1.82) is 0 Å². The molecule has 0 aliphatic carbocycles. The number of benzene rings is 1. The Labute approximate surface area is 110 Å². The van der Waals surface area contributed by atoms with Crippen LogP contribution in [0.4, 0.5) is 15.2 Å². The van der Waals surface area contributed by atoms with E-state index in [1.54, 1.807) is 18.2 Å². The maximum Gasteiger partial charge on any atom is 0.190 e. The standard InChI is InChI=1S/C13H15FN2OS/c1-3-16(11-7-5-4-6-10(11)14)13-15-9(2)12(8-17)18-13/h4-7,17H,3,8H2,1-2H3. The summed E-state index contributed by atoms with van der Waals surface area (Å²) in [5.41, 5.74) is 1.31. The van der Waals surface area contributed by atoms with Gasteiger partial charge >= 0.3 is 0 Å². The Kier molecular flexibility index (Phi) is 3.93. The van der Waals surface area contributed by atoms with Crippen molar-refractivity contribution in [1.82, 2.24) is 4.98 Å². The van der Waals surface area contributed by atoms with E-state index in [-0.39, 0.29) is 12.4 Å². The molecule has 2 rings (SSSR count). The van der Waals surface area contributed by atoms with E-state index in [2.05, 4.69) is 4.98 Å². The minimum Gasteiger partial charge on any atom is -0.391 e. The van der Waals surface area contributed by atoms with Crippen molar-refractivity contribution in [3.05, 3.63) is 40.7 Å². The molecule has 0 atom stereocenters. The van der Waals surface area contributed by atoms with Crippen LogP contribution in [0.5, 0.6) is 0 Å². The maximum absolute atomic E-state index is 13.8. The van der Waals surface area contributed by atoms with Crippen LogP contribution in [0.15, 0.2) is 24.3 Å². The van der Waals surface area contributed by atoms with E-state index in [1.807, 2.05) is 18.7 Å². The van der Waals surface area contributed by atoms with E-state index in [4.69, 9.17) is 0 Å². The molecule has 3 nitrogen and oxygen atoms in total. The highest BCUT2D eigenvalue weighted by molar-refractivity contribution is 7.15. The fourth-order valence-electron chi connectivity index (χ4n) is 1.75. The second kappa shape index (κ2) is 5.46. The molecule has 1 aromatic heterocycles. The fourth-order valence-corrected chi connectivity index (χ4v) is 2.75. The fraction of sp³-hybridized carbons (Fsp3) is 0.308. The summed E-state index contributed by atoms with van der Waals surface area (Å²) in [6, 6.07) is 6.63. The van der Waals surface area contributed by atoms with E-state index in [1.165, 1.54) is 17.4 Å². The summed E-state index contributed by atoms with van der Waals surface area (Å²) in [6.45, 7) is 4.39. The minimum absolute atomic E-state index is 0.0294. The number of hydrogen-bond acceptors (Lipinski definition) is 4. The first-order chi connectivity index (χ1) is 8.67. The summed E-state index contributed by atoms with van der Waals surface area (Å²) in [5, 5.41) is 9.90. The number of anilines is 2. The Morgan fingerprint density at radius 2 is 2.11 bits per heavy atom. The first-order valence-corrected chi connectivity index (χ1v) is 6.58. The van der Waals surface area contributed by atoms with E-state index >= 15 is 0 Å². The average molecular weight is 266 g/mol. The quantitative estimate of drug-likeness (QED) is 0.923. The van der Waals surface area contributed by atoms with Crippen LogP contribution < -0.4 is 4.90 Å². The first-order valence-electron chi connectivity index (χ1n) is 5.76. The molecule has 0 aliphatic rings. The molecule has 5 heteroatoms. The Hall–Kier alpha value is -1.46. The molecule has 0 saturated carbocycles. The lowest BCUT2D eigenvalue weighted by molar-refractivity contribution is 0.284. The zero-order valence-electron chi connectivity index (χ0n) is 10.4. The number of hydrogen-bond donors (Lipinski definition) is 1. The van der Waals surface area contributed by atoms with Crippen molar-refractivity contribution < 1.29 is 9.50 Å². The van der Waals surface area contributed by atoms with Crippen LogP contribution in [0.2, 0.25) is 0 Å². The van der Waals surface area contributed by atoms with Gasteiger partial charge in [0, 0.05) is 6.54 Å². The minimum atomic E-state index is -0.266. The average Bonchev–Trinajstić information content (AvgIpc) is 2.74. The second-order valence-electron chi connectivity index (χ2n) is 3.86. The summed E-state index contributed by atoms with van der Waals surface area (Å²) >= 11 is 1.39. The summed E-state index contributed by atoms with van der Waals surface area (Å²) in [5.74, 6) is -0.266. The lowest BCUT2D eigenvalue weighted by Gasteiger charge is -2.20. The Balaban J connectivity index is 2.42.